The molecule has 0 heterocycles. The molecule has 0 radical (unpaired) electrons. The van der Waals surface area contributed by atoms with Gasteiger partial charge in [-0.25, -0.2) is 4.39 Å². The molecule has 0 saturated heterocycles. The number of hydrogen-bond acceptors (Lipinski definition) is 1. The number of halogens is 4. The van der Waals surface area contributed by atoms with Crippen LogP contribution >= 0.6 is 0 Å². The van der Waals surface area contributed by atoms with Crippen molar-refractivity contribution in [3.05, 3.63) is 35.6 Å². The van der Waals surface area contributed by atoms with Crippen LogP contribution in [0.4, 0.5) is 17.6 Å². The Kier molecular flexibility index (Phi) is 8.43. The number of guanidine groups is 1. The number of alkyl halides is 3. The molecule has 23 heavy (non-hydrogen) atoms. The number of unbranched alkanes of at least 4 members (excludes halogenated alkanes) is 1. The molecule has 2 N–H and O–H groups in total. The van der Waals surface area contributed by atoms with Crippen LogP contribution in [-0.2, 0) is 6.42 Å². The lowest BCUT2D eigenvalue weighted by Gasteiger charge is -2.11. The zero-order chi connectivity index (χ0) is 17.1. The van der Waals surface area contributed by atoms with Gasteiger partial charge in [0.05, 0.1) is 0 Å². The Bertz CT molecular complexity index is 486. The Morgan fingerprint density at radius 1 is 1.13 bits per heavy atom. The van der Waals surface area contributed by atoms with Crippen molar-refractivity contribution in [2.24, 2.45) is 4.99 Å². The zero-order valence-corrected chi connectivity index (χ0v) is 13.2. The molecule has 0 saturated carbocycles. The van der Waals surface area contributed by atoms with E-state index in [1.165, 1.54) is 6.07 Å². The van der Waals surface area contributed by atoms with Crippen molar-refractivity contribution in [3.8, 4) is 0 Å². The SMILES string of the molecule is CCNC(=NCCCCC(F)(F)F)NCCc1ccccc1F. The molecule has 0 aliphatic carbocycles. The summed E-state index contributed by atoms with van der Waals surface area (Å²) in [7, 11) is 0. The fourth-order valence-corrected chi connectivity index (χ4v) is 1.99. The van der Waals surface area contributed by atoms with Crippen LogP contribution in [0.25, 0.3) is 0 Å². The first-order valence-corrected chi connectivity index (χ1v) is 7.74. The predicted octanol–water partition coefficient (Wildman–Crippen LogP) is 3.66. The predicted molar refractivity (Wildman–Crippen MR) is 84.0 cm³/mol. The maximum absolute atomic E-state index is 13.5. The molecule has 1 aromatic carbocycles. The number of nitrogens with one attached hydrogen (secondary N) is 2. The summed E-state index contributed by atoms with van der Waals surface area (Å²) >= 11 is 0. The van der Waals surface area contributed by atoms with Gasteiger partial charge in [0.25, 0.3) is 0 Å². The van der Waals surface area contributed by atoms with Crippen LogP contribution in [0.2, 0.25) is 0 Å². The van der Waals surface area contributed by atoms with Gasteiger partial charge in [-0.2, -0.15) is 13.2 Å². The first-order valence-electron chi connectivity index (χ1n) is 7.74. The number of nitrogens with zero attached hydrogens (tertiary/aromatic N) is 1. The maximum atomic E-state index is 13.5. The number of hydrogen-bond donors (Lipinski definition) is 2. The van der Waals surface area contributed by atoms with Crippen molar-refractivity contribution in [2.75, 3.05) is 19.6 Å². The van der Waals surface area contributed by atoms with Crippen molar-refractivity contribution >= 4 is 5.96 Å². The molecular weight excluding hydrogens is 310 g/mol. The Morgan fingerprint density at radius 3 is 2.52 bits per heavy atom. The molecule has 7 heteroatoms. The largest absolute Gasteiger partial charge is 0.389 e. The highest BCUT2D eigenvalue weighted by atomic mass is 19.4. The van der Waals surface area contributed by atoms with Crippen LogP contribution in [-0.4, -0.2) is 31.8 Å². The van der Waals surface area contributed by atoms with Gasteiger partial charge in [0.2, 0.25) is 0 Å². The van der Waals surface area contributed by atoms with Gasteiger partial charge in [-0.1, -0.05) is 18.2 Å². The van der Waals surface area contributed by atoms with Crippen LogP contribution in [0.5, 0.6) is 0 Å². The molecule has 1 aromatic rings. The van der Waals surface area contributed by atoms with Crippen LogP contribution in [0.1, 0.15) is 31.7 Å². The number of rotatable bonds is 8. The lowest BCUT2D eigenvalue weighted by molar-refractivity contribution is -0.135. The van der Waals surface area contributed by atoms with Crippen LogP contribution < -0.4 is 10.6 Å². The summed E-state index contributed by atoms with van der Waals surface area (Å²) in [4.78, 5) is 4.22. The molecule has 0 aromatic heterocycles. The van der Waals surface area contributed by atoms with E-state index in [-0.39, 0.29) is 12.2 Å². The average molecular weight is 333 g/mol. The van der Waals surface area contributed by atoms with Gasteiger partial charge in [0.1, 0.15) is 5.82 Å². The fourth-order valence-electron chi connectivity index (χ4n) is 1.99. The summed E-state index contributed by atoms with van der Waals surface area (Å²) in [6.07, 6.45) is -3.93. The van der Waals surface area contributed by atoms with Gasteiger partial charge < -0.3 is 10.6 Å². The van der Waals surface area contributed by atoms with E-state index < -0.39 is 12.6 Å². The van der Waals surface area contributed by atoms with Crippen molar-refractivity contribution in [3.63, 3.8) is 0 Å². The van der Waals surface area contributed by atoms with E-state index in [2.05, 4.69) is 15.6 Å². The molecule has 0 spiro atoms. The third-order valence-corrected chi connectivity index (χ3v) is 3.13. The van der Waals surface area contributed by atoms with Gasteiger partial charge >= 0.3 is 6.18 Å². The molecule has 130 valence electrons. The Labute approximate surface area is 134 Å². The van der Waals surface area contributed by atoms with Gasteiger partial charge in [-0.3, -0.25) is 4.99 Å². The molecule has 0 amide bonds. The molecule has 0 fully saturated rings. The lowest BCUT2D eigenvalue weighted by atomic mass is 10.1. The third-order valence-electron chi connectivity index (χ3n) is 3.13. The van der Waals surface area contributed by atoms with E-state index in [0.717, 1.165) is 0 Å². The van der Waals surface area contributed by atoms with Crippen molar-refractivity contribution < 1.29 is 17.6 Å². The van der Waals surface area contributed by atoms with Gasteiger partial charge in [-0.15, -0.1) is 0 Å². The van der Waals surface area contributed by atoms with Gasteiger partial charge in [-0.05, 0) is 37.8 Å². The highest BCUT2D eigenvalue weighted by molar-refractivity contribution is 5.79. The molecular formula is C16H23F4N3. The lowest BCUT2D eigenvalue weighted by Crippen LogP contribution is -2.38. The molecule has 0 atom stereocenters. The van der Waals surface area contributed by atoms with E-state index in [1.54, 1.807) is 18.2 Å². The van der Waals surface area contributed by atoms with Crippen LogP contribution in [0.15, 0.2) is 29.3 Å². The first kappa shape index (κ1) is 19.3. The minimum absolute atomic E-state index is 0.0711. The number of benzene rings is 1. The summed E-state index contributed by atoms with van der Waals surface area (Å²) in [5.41, 5.74) is 0.612. The van der Waals surface area contributed by atoms with Crippen LogP contribution in [0, 0.1) is 5.82 Å². The molecule has 0 aliphatic rings. The minimum atomic E-state index is -4.10. The summed E-state index contributed by atoms with van der Waals surface area (Å²) < 4.78 is 49.6. The minimum Gasteiger partial charge on any atom is -0.357 e. The zero-order valence-electron chi connectivity index (χ0n) is 13.2. The maximum Gasteiger partial charge on any atom is 0.389 e. The second-order valence-electron chi connectivity index (χ2n) is 5.10. The Morgan fingerprint density at radius 2 is 1.87 bits per heavy atom. The standard InChI is InChI=1S/C16H23F4N3/c1-2-21-15(22-11-6-5-10-16(18,19)20)23-12-9-13-7-3-4-8-14(13)17/h3-4,7-8H,2,5-6,9-12H2,1H3,(H2,21,22,23). The third kappa shape index (κ3) is 9.05. The first-order chi connectivity index (χ1) is 10.9. The van der Waals surface area contributed by atoms with Crippen molar-refractivity contribution in [1.82, 2.24) is 10.6 Å². The Balaban J connectivity index is 2.33. The van der Waals surface area contributed by atoms with E-state index in [4.69, 9.17) is 0 Å². The topological polar surface area (TPSA) is 36.4 Å². The van der Waals surface area contributed by atoms with Crippen molar-refractivity contribution in [1.29, 1.82) is 0 Å². The molecule has 3 nitrogen and oxygen atoms in total. The number of aliphatic imine (C=N–C) groups is 1. The second-order valence-corrected chi connectivity index (χ2v) is 5.10. The smallest absolute Gasteiger partial charge is 0.357 e. The van der Waals surface area contributed by atoms with E-state index >= 15 is 0 Å². The monoisotopic (exact) mass is 333 g/mol. The summed E-state index contributed by atoms with van der Waals surface area (Å²) in [6.45, 7) is 3.37. The molecule has 0 bridgehead atoms. The normalized spacial score (nSPS) is 12.3. The van der Waals surface area contributed by atoms with Crippen molar-refractivity contribution in [2.45, 2.75) is 38.8 Å². The van der Waals surface area contributed by atoms with Gasteiger partial charge in [0, 0.05) is 26.1 Å². The molecule has 0 aliphatic heterocycles. The van der Waals surface area contributed by atoms with Gasteiger partial charge in [0.15, 0.2) is 5.96 Å². The highest BCUT2D eigenvalue weighted by Crippen LogP contribution is 2.21. The summed E-state index contributed by atoms with van der Waals surface area (Å²) in [6, 6.07) is 6.55. The second kappa shape index (κ2) is 10.1. The Hall–Kier alpha value is -1.79. The summed E-state index contributed by atoms with van der Waals surface area (Å²) in [5.74, 6) is 0.291. The highest BCUT2D eigenvalue weighted by Gasteiger charge is 2.25. The molecule has 0 unspecified atom stereocenters. The summed E-state index contributed by atoms with van der Waals surface area (Å²) in [5, 5.41) is 6.07. The van der Waals surface area contributed by atoms with E-state index in [0.29, 0.717) is 44.0 Å². The van der Waals surface area contributed by atoms with E-state index in [9.17, 15) is 17.6 Å². The van der Waals surface area contributed by atoms with E-state index in [1.807, 2.05) is 6.92 Å². The average Bonchev–Trinajstić information content (AvgIpc) is 2.47. The molecule has 1 rings (SSSR count). The quantitative estimate of drug-likeness (QED) is 0.330. The fraction of sp³-hybridized carbons (Fsp3) is 0.562. The van der Waals surface area contributed by atoms with Crippen LogP contribution in [0.3, 0.4) is 0 Å².